The highest BCUT2D eigenvalue weighted by Gasteiger charge is 2.31. The first-order valence-electron chi connectivity index (χ1n) is 9.11. The molecule has 2 aromatic rings. The Kier molecular flexibility index (Phi) is 7.87. The largest absolute Gasteiger partial charge is 0.494 e. The lowest BCUT2D eigenvalue weighted by Crippen LogP contribution is -2.49. The van der Waals surface area contributed by atoms with Crippen LogP contribution in [0.2, 0.25) is 5.02 Å². The number of carbonyl (C=O) groups is 1. The van der Waals surface area contributed by atoms with Gasteiger partial charge in [0.05, 0.1) is 23.6 Å². The molecular weight excluding hydrogens is 419 g/mol. The number of hydrogen-bond donors (Lipinski definition) is 1. The van der Waals surface area contributed by atoms with Crippen LogP contribution >= 0.6 is 11.6 Å². The lowest BCUT2D eigenvalue weighted by molar-refractivity contribution is -0.122. The number of anilines is 1. The minimum atomic E-state index is -3.82. The second-order valence-electron chi connectivity index (χ2n) is 6.38. The molecule has 2 rings (SSSR count). The standard InChI is InChI=1S/C20H24ClFN2O4S/c1-4-19(20(25)23-13-14-6-9-16(10-7-14)28-5-2)24(29(3,26)27)15-8-11-18(22)17(21)12-15/h6-12,19H,4-5,13H2,1-3H3,(H,23,25)/t19-/m1/s1. The van der Waals surface area contributed by atoms with Crippen LogP contribution in [0.5, 0.6) is 5.75 Å². The molecule has 2 aromatic carbocycles. The van der Waals surface area contributed by atoms with Crippen LogP contribution in [-0.4, -0.2) is 33.2 Å². The average molecular weight is 443 g/mol. The van der Waals surface area contributed by atoms with Crippen LogP contribution in [0.25, 0.3) is 0 Å². The summed E-state index contributed by atoms with van der Waals surface area (Å²) >= 11 is 5.80. The Hall–Kier alpha value is -2.32. The highest BCUT2D eigenvalue weighted by Crippen LogP contribution is 2.27. The molecule has 0 aliphatic heterocycles. The van der Waals surface area contributed by atoms with E-state index in [1.165, 1.54) is 12.1 Å². The van der Waals surface area contributed by atoms with E-state index >= 15 is 0 Å². The van der Waals surface area contributed by atoms with E-state index in [0.29, 0.717) is 6.61 Å². The second-order valence-corrected chi connectivity index (χ2v) is 8.64. The van der Waals surface area contributed by atoms with Crippen molar-refractivity contribution in [3.05, 3.63) is 58.9 Å². The van der Waals surface area contributed by atoms with Crippen molar-refractivity contribution in [2.75, 3.05) is 17.2 Å². The van der Waals surface area contributed by atoms with E-state index in [-0.39, 0.29) is 23.7 Å². The molecule has 0 heterocycles. The Balaban J connectivity index is 2.20. The first-order chi connectivity index (χ1) is 13.7. The Morgan fingerprint density at radius 1 is 1.21 bits per heavy atom. The number of halogens is 2. The van der Waals surface area contributed by atoms with E-state index in [0.717, 1.165) is 27.9 Å². The van der Waals surface area contributed by atoms with Gasteiger partial charge in [-0.1, -0.05) is 30.7 Å². The molecule has 0 spiro atoms. The van der Waals surface area contributed by atoms with Crippen molar-refractivity contribution < 1.29 is 22.3 Å². The van der Waals surface area contributed by atoms with Crippen molar-refractivity contribution >= 4 is 33.2 Å². The number of benzene rings is 2. The zero-order valence-corrected chi connectivity index (χ0v) is 18.1. The van der Waals surface area contributed by atoms with E-state index < -0.39 is 27.8 Å². The normalized spacial score (nSPS) is 12.3. The summed E-state index contributed by atoms with van der Waals surface area (Å²) in [5.74, 6) is -0.408. The molecule has 9 heteroatoms. The van der Waals surface area contributed by atoms with Gasteiger partial charge >= 0.3 is 0 Å². The number of amides is 1. The van der Waals surface area contributed by atoms with Gasteiger partial charge in [0.15, 0.2) is 0 Å². The Morgan fingerprint density at radius 2 is 1.86 bits per heavy atom. The summed E-state index contributed by atoms with van der Waals surface area (Å²) in [5.41, 5.74) is 0.967. The van der Waals surface area contributed by atoms with E-state index in [2.05, 4.69) is 5.32 Å². The SMILES string of the molecule is CCOc1ccc(CNC(=O)[C@@H](CC)N(c2ccc(F)c(Cl)c2)S(C)(=O)=O)cc1. The molecule has 0 fully saturated rings. The summed E-state index contributed by atoms with van der Waals surface area (Å²) in [6.07, 6.45) is 1.21. The van der Waals surface area contributed by atoms with Gasteiger partial charge in [-0.2, -0.15) is 0 Å². The number of nitrogens with one attached hydrogen (secondary N) is 1. The summed E-state index contributed by atoms with van der Waals surface area (Å²) in [4.78, 5) is 12.8. The third-order valence-electron chi connectivity index (χ3n) is 4.19. The van der Waals surface area contributed by atoms with E-state index in [1.54, 1.807) is 19.1 Å². The van der Waals surface area contributed by atoms with Gasteiger partial charge in [0.25, 0.3) is 0 Å². The summed E-state index contributed by atoms with van der Waals surface area (Å²) < 4.78 is 44.6. The molecule has 29 heavy (non-hydrogen) atoms. The molecule has 0 aliphatic carbocycles. The minimum absolute atomic E-state index is 0.127. The zero-order chi connectivity index (χ0) is 21.6. The van der Waals surface area contributed by atoms with Crippen LogP contribution in [0, 0.1) is 5.82 Å². The monoisotopic (exact) mass is 442 g/mol. The zero-order valence-electron chi connectivity index (χ0n) is 16.5. The van der Waals surface area contributed by atoms with Gasteiger partial charge in [0.1, 0.15) is 17.6 Å². The van der Waals surface area contributed by atoms with Crippen molar-refractivity contribution in [3.8, 4) is 5.75 Å². The maximum Gasteiger partial charge on any atom is 0.244 e. The minimum Gasteiger partial charge on any atom is -0.494 e. The maximum absolute atomic E-state index is 13.5. The highest BCUT2D eigenvalue weighted by molar-refractivity contribution is 7.92. The van der Waals surface area contributed by atoms with Gasteiger partial charge in [0.2, 0.25) is 15.9 Å². The number of carbonyl (C=O) groups excluding carboxylic acids is 1. The molecule has 0 bridgehead atoms. The van der Waals surface area contributed by atoms with E-state index in [1.807, 2.05) is 19.1 Å². The fourth-order valence-electron chi connectivity index (χ4n) is 2.86. The van der Waals surface area contributed by atoms with Gasteiger partial charge in [0, 0.05) is 6.54 Å². The van der Waals surface area contributed by atoms with Crippen molar-refractivity contribution in [2.45, 2.75) is 32.9 Å². The molecule has 1 N–H and O–H groups in total. The number of rotatable bonds is 9. The summed E-state index contributed by atoms with van der Waals surface area (Å²) in [6.45, 7) is 4.37. The van der Waals surface area contributed by atoms with Crippen LogP contribution in [0.15, 0.2) is 42.5 Å². The number of hydrogen-bond acceptors (Lipinski definition) is 4. The van der Waals surface area contributed by atoms with Crippen molar-refractivity contribution in [3.63, 3.8) is 0 Å². The summed E-state index contributed by atoms with van der Waals surface area (Å²) in [7, 11) is -3.82. The van der Waals surface area contributed by atoms with Crippen LogP contribution in [0.3, 0.4) is 0 Å². The molecule has 1 amide bonds. The second kappa shape index (κ2) is 9.93. The number of sulfonamides is 1. The predicted molar refractivity (Wildman–Crippen MR) is 112 cm³/mol. The predicted octanol–water partition coefficient (Wildman–Crippen LogP) is 3.74. The van der Waals surface area contributed by atoms with Crippen molar-refractivity contribution in [1.29, 1.82) is 0 Å². The van der Waals surface area contributed by atoms with Crippen LogP contribution in [-0.2, 0) is 21.4 Å². The fraction of sp³-hybridized carbons (Fsp3) is 0.350. The third-order valence-corrected chi connectivity index (χ3v) is 5.66. The fourth-order valence-corrected chi connectivity index (χ4v) is 4.24. The van der Waals surface area contributed by atoms with Gasteiger partial charge in [-0.05, 0) is 49.2 Å². The average Bonchev–Trinajstić information content (AvgIpc) is 2.67. The van der Waals surface area contributed by atoms with Crippen LogP contribution < -0.4 is 14.4 Å². The van der Waals surface area contributed by atoms with Crippen LogP contribution in [0.4, 0.5) is 10.1 Å². The van der Waals surface area contributed by atoms with Gasteiger partial charge in [-0.3, -0.25) is 9.10 Å². The lowest BCUT2D eigenvalue weighted by atomic mass is 10.1. The van der Waals surface area contributed by atoms with Gasteiger partial charge in [-0.15, -0.1) is 0 Å². The van der Waals surface area contributed by atoms with Gasteiger partial charge in [-0.25, -0.2) is 12.8 Å². The quantitative estimate of drug-likeness (QED) is 0.641. The highest BCUT2D eigenvalue weighted by atomic mass is 35.5. The molecule has 0 saturated heterocycles. The molecule has 0 aliphatic rings. The maximum atomic E-state index is 13.5. The van der Waals surface area contributed by atoms with E-state index in [9.17, 15) is 17.6 Å². The molecule has 1 atom stereocenters. The smallest absolute Gasteiger partial charge is 0.244 e. The summed E-state index contributed by atoms with van der Waals surface area (Å²) in [6, 6.07) is 9.78. The molecule has 0 unspecified atom stereocenters. The Labute approximate surface area is 175 Å². The number of ether oxygens (including phenoxy) is 1. The van der Waals surface area contributed by atoms with Crippen LogP contribution in [0.1, 0.15) is 25.8 Å². The first-order valence-corrected chi connectivity index (χ1v) is 11.3. The molecular formula is C20H24ClFN2O4S. The molecule has 6 nitrogen and oxygen atoms in total. The van der Waals surface area contributed by atoms with Crippen molar-refractivity contribution in [2.24, 2.45) is 0 Å². The third kappa shape index (κ3) is 6.08. The Morgan fingerprint density at radius 3 is 2.38 bits per heavy atom. The van der Waals surface area contributed by atoms with Gasteiger partial charge < -0.3 is 10.1 Å². The molecule has 0 saturated carbocycles. The topological polar surface area (TPSA) is 75.7 Å². The molecule has 0 radical (unpaired) electrons. The Bertz CT molecular complexity index is 951. The first kappa shape index (κ1) is 23.0. The number of nitrogens with zero attached hydrogens (tertiary/aromatic N) is 1. The molecule has 158 valence electrons. The van der Waals surface area contributed by atoms with Crippen molar-refractivity contribution in [1.82, 2.24) is 5.32 Å². The lowest BCUT2D eigenvalue weighted by Gasteiger charge is -2.30. The molecule has 0 aromatic heterocycles. The van der Waals surface area contributed by atoms with E-state index in [4.69, 9.17) is 16.3 Å². The summed E-state index contributed by atoms with van der Waals surface area (Å²) in [5, 5.41) is 2.54.